The lowest BCUT2D eigenvalue weighted by molar-refractivity contribution is 0.341. The summed E-state index contributed by atoms with van der Waals surface area (Å²) in [5.41, 5.74) is 1.87. The molecule has 20 heavy (non-hydrogen) atoms. The molecule has 0 aromatic heterocycles. The first-order valence-electron chi connectivity index (χ1n) is 6.20. The van der Waals surface area contributed by atoms with E-state index < -0.39 is 0 Å². The maximum absolute atomic E-state index is 6.20. The lowest BCUT2D eigenvalue weighted by Crippen LogP contribution is -2.03. The van der Waals surface area contributed by atoms with Gasteiger partial charge in [0.15, 0.2) is 0 Å². The van der Waals surface area contributed by atoms with Crippen LogP contribution in [0.15, 0.2) is 40.9 Å². The summed E-state index contributed by atoms with van der Waals surface area (Å²) in [5.74, 6) is 0.783. The normalized spacial score (nSPS) is 10.4. The van der Waals surface area contributed by atoms with Gasteiger partial charge in [-0.3, -0.25) is 0 Å². The van der Waals surface area contributed by atoms with Gasteiger partial charge in [-0.1, -0.05) is 45.2 Å². The van der Waals surface area contributed by atoms with Crippen molar-refractivity contribution in [2.75, 3.05) is 11.9 Å². The molecule has 0 atom stereocenters. The second kappa shape index (κ2) is 7.21. The summed E-state index contributed by atoms with van der Waals surface area (Å²) in [6, 6.07) is 11.3. The van der Waals surface area contributed by atoms with Crippen LogP contribution in [-0.2, 0) is 6.54 Å². The maximum Gasteiger partial charge on any atom is 0.142 e. The molecule has 0 fully saturated rings. The highest BCUT2D eigenvalue weighted by Crippen LogP contribution is 2.29. The van der Waals surface area contributed by atoms with Gasteiger partial charge in [0.05, 0.1) is 12.3 Å². The molecule has 0 aliphatic heterocycles. The first kappa shape index (κ1) is 15.5. The molecular weight excluding hydrogens is 361 g/mol. The number of hydrogen-bond donors (Lipinski definition) is 1. The summed E-state index contributed by atoms with van der Waals surface area (Å²) < 4.78 is 6.53. The molecule has 106 valence electrons. The monoisotopic (exact) mass is 373 g/mol. The Morgan fingerprint density at radius 1 is 1.15 bits per heavy atom. The van der Waals surface area contributed by atoms with Crippen molar-refractivity contribution < 1.29 is 4.74 Å². The van der Waals surface area contributed by atoms with Gasteiger partial charge in [-0.2, -0.15) is 0 Å². The SMILES string of the molecule is CCOc1ccc(Cl)cc1NCc1ccc(Br)cc1Cl. The Morgan fingerprint density at radius 3 is 2.65 bits per heavy atom. The number of anilines is 1. The van der Waals surface area contributed by atoms with Crippen molar-refractivity contribution in [2.24, 2.45) is 0 Å². The van der Waals surface area contributed by atoms with Crippen LogP contribution in [0, 0.1) is 0 Å². The quantitative estimate of drug-likeness (QED) is 0.717. The predicted molar refractivity (Wildman–Crippen MR) is 89.1 cm³/mol. The van der Waals surface area contributed by atoms with E-state index in [-0.39, 0.29) is 0 Å². The third kappa shape index (κ3) is 4.05. The lowest BCUT2D eigenvalue weighted by Gasteiger charge is -2.13. The highest BCUT2D eigenvalue weighted by atomic mass is 79.9. The van der Waals surface area contributed by atoms with Crippen LogP contribution >= 0.6 is 39.1 Å². The fraction of sp³-hybridized carbons (Fsp3) is 0.200. The van der Waals surface area contributed by atoms with Crippen molar-refractivity contribution in [3.8, 4) is 5.75 Å². The Kier molecular flexibility index (Phi) is 5.58. The molecule has 0 amide bonds. The van der Waals surface area contributed by atoms with Crippen LogP contribution in [0.2, 0.25) is 10.0 Å². The van der Waals surface area contributed by atoms with E-state index >= 15 is 0 Å². The first-order valence-corrected chi connectivity index (χ1v) is 7.75. The number of nitrogens with one attached hydrogen (secondary N) is 1. The van der Waals surface area contributed by atoms with Gasteiger partial charge in [0.2, 0.25) is 0 Å². The van der Waals surface area contributed by atoms with Gasteiger partial charge in [-0.15, -0.1) is 0 Å². The molecule has 2 aromatic carbocycles. The standard InChI is InChI=1S/C15H14BrCl2NO/c1-2-20-15-6-5-12(17)8-14(15)19-9-10-3-4-11(16)7-13(10)18/h3-8,19H,2,9H2,1H3. The van der Waals surface area contributed by atoms with Crippen molar-refractivity contribution in [3.63, 3.8) is 0 Å². The van der Waals surface area contributed by atoms with Gasteiger partial charge in [0, 0.05) is 21.1 Å². The molecule has 0 saturated heterocycles. The Morgan fingerprint density at radius 2 is 1.95 bits per heavy atom. The van der Waals surface area contributed by atoms with Crippen molar-refractivity contribution in [1.29, 1.82) is 0 Å². The number of benzene rings is 2. The van der Waals surface area contributed by atoms with E-state index in [1.165, 1.54) is 0 Å². The summed E-state index contributed by atoms with van der Waals surface area (Å²) in [5, 5.41) is 4.69. The van der Waals surface area contributed by atoms with Gasteiger partial charge >= 0.3 is 0 Å². The molecule has 2 rings (SSSR count). The molecule has 0 bridgehead atoms. The first-order chi connectivity index (χ1) is 9.60. The van der Waals surface area contributed by atoms with Crippen LogP contribution in [-0.4, -0.2) is 6.61 Å². The van der Waals surface area contributed by atoms with E-state index in [0.29, 0.717) is 23.2 Å². The second-order valence-corrected chi connectivity index (χ2v) is 5.92. The van der Waals surface area contributed by atoms with Gasteiger partial charge in [0.1, 0.15) is 5.75 Å². The fourth-order valence-electron chi connectivity index (χ4n) is 1.78. The average Bonchev–Trinajstić information content (AvgIpc) is 2.41. The van der Waals surface area contributed by atoms with Crippen LogP contribution in [0.4, 0.5) is 5.69 Å². The fourth-order valence-corrected chi connectivity index (χ4v) is 2.69. The van der Waals surface area contributed by atoms with E-state index in [2.05, 4.69) is 21.2 Å². The van der Waals surface area contributed by atoms with Crippen LogP contribution in [0.25, 0.3) is 0 Å². The summed E-state index contributed by atoms with van der Waals surface area (Å²) >= 11 is 15.6. The van der Waals surface area contributed by atoms with E-state index in [4.69, 9.17) is 27.9 Å². The third-order valence-corrected chi connectivity index (χ3v) is 3.81. The minimum absolute atomic E-state index is 0.604. The molecule has 2 nitrogen and oxygen atoms in total. The summed E-state index contributed by atoms with van der Waals surface area (Å²) in [6.07, 6.45) is 0. The van der Waals surface area contributed by atoms with Gasteiger partial charge < -0.3 is 10.1 Å². The lowest BCUT2D eigenvalue weighted by atomic mass is 10.2. The van der Waals surface area contributed by atoms with Gasteiger partial charge in [0.25, 0.3) is 0 Å². The zero-order chi connectivity index (χ0) is 14.5. The molecular formula is C15H14BrCl2NO. The van der Waals surface area contributed by atoms with Crippen LogP contribution in [0.5, 0.6) is 5.75 Å². The zero-order valence-corrected chi connectivity index (χ0v) is 14.0. The predicted octanol–water partition coefficient (Wildman–Crippen LogP) is 5.77. The molecule has 5 heteroatoms. The van der Waals surface area contributed by atoms with E-state index in [9.17, 15) is 0 Å². The van der Waals surface area contributed by atoms with Crippen LogP contribution in [0.3, 0.4) is 0 Å². The summed E-state index contributed by atoms with van der Waals surface area (Å²) in [7, 11) is 0. The highest BCUT2D eigenvalue weighted by Gasteiger charge is 2.06. The molecule has 0 spiro atoms. The zero-order valence-electron chi connectivity index (χ0n) is 10.9. The Bertz CT molecular complexity index is 604. The summed E-state index contributed by atoms with van der Waals surface area (Å²) in [6.45, 7) is 3.16. The van der Waals surface area contributed by atoms with E-state index in [1.54, 1.807) is 0 Å². The maximum atomic E-state index is 6.20. The molecule has 0 heterocycles. The van der Waals surface area contributed by atoms with Crippen molar-refractivity contribution in [2.45, 2.75) is 13.5 Å². The minimum Gasteiger partial charge on any atom is -0.492 e. The topological polar surface area (TPSA) is 21.3 Å². The number of ether oxygens (including phenoxy) is 1. The Balaban J connectivity index is 2.15. The van der Waals surface area contributed by atoms with Crippen LogP contribution in [0.1, 0.15) is 12.5 Å². The Hall–Kier alpha value is -0.900. The largest absolute Gasteiger partial charge is 0.492 e. The molecule has 0 aliphatic carbocycles. The highest BCUT2D eigenvalue weighted by molar-refractivity contribution is 9.10. The van der Waals surface area contributed by atoms with Gasteiger partial charge in [-0.05, 0) is 42.8 Å². The molecule has 0 radical (unpaired) electrons. The second-order valence-electron chi connectivity index (χ2n) is 4.16. The van der Waals surface area contributed by atoms with Crippen molar-refractivity contribution >= 4 is 44.8 Å². The van der Waals surface area contributed by atoms with Crippen molar-refractivity contribution in [1.82, 2.24) is 0 Å². The molecule has 1 N–H and O–H groups in total. The number of halogens is 3. The van der Waals surface area contributed by atoms with Crippen LogP contribution < -0.4 is 10.1 Å². The smallest absolute Gasteiger partial charge is 0.142 e. The van der Waals surface area contributed by atoms with Gasteiger partial charge in [-0.25, -0.2) is 0 Å². The number of rotatable bonds is 5. The summed E-state index contributed by atoms with van der Waals surface area (Å²) in [4.78, 5) is 0. The van der Waals surface area contributed by atoms with Crippen molar-refractivity contribution in [3.05, 3.63) is 56.5 Å². The Labute approximate surface area is 137 Å². The average molecular weight is 375 g/mol. The van der Waals surface area contributed by atoms with E-state index in [1.807, 2.05) is 43.3 Å². The van der Waals surface area contributed by atoms with E-state index in [0.717, 1.165) is 21.5 Å². The minimum atomic E-state index is 0.604. The molecule has 2 aromatic rings. The molecule has 0 saturated carbocycles. The number of hydrogen-bond acceptors (Lipinski definition) is 2. The molecule has 0 unspecified atom stereocenters. The molecule has 0 aliphatic rings. The third-order valence-electron chi connectivity index (χ3n) is 2.73.